The Morgan fingerprint density at radius 3 is 2.39 bits per heavy atom. The number of aromatic nitrogens is 1. The fraction of sp³-hybridized carbons (Fsp3) is 0.182. The van der Waals surface area contributed by atoms with Gasteiger partial charge in [0.1, 0.15) is 5.82 Å². The van der Waals surface area contributed by atoms with Gasteiger partial charge in [0, 0.05) is 35.1 Å². The van der Waals surface area contributed by atoms with Crippen molar-refractivity contribution in [2.75, 3.05) is 28.6 Å². The molecule has 5 nitrogen and oxygen atoms in total. The van der Waals surface area contributed by atoms with Gasteiger partial charge < -0.3 is 15.5 Å². The summed E-state index contributed by atoms with van der Waals surface area (Å²) in [7, 11) is 0. The van der Waals surface area contributed by atoms with Crippen LogP contribution in [0.15, 0.2) is 66.9 Å². The van der Waals surface area contributed by atoms with Crippen LogP contribution >= 0.6 is 11.6 Å². The second-order valence-corrected chi connectivity index (χ2v) is 7.20. The van der Waals surface area contributed by atoms with Crippen molar-refractivity contribution in [3.05, 3.63) is 77.4 Å². The van der Waals surface area contributed by atoms with E-state index in [1.54, 1.807) is 36.5 Å². The van der Waals surface area contributed by atoms with Crippen molar-refractivity contribution in [1.29, 1.82) is 0 Å². The fourth-order valence-electron chi connectivity index (χ4n) is 3.26. The predicted octanol–water partition coefficient (Wildman–Crippen LogP) is 5.33. The summed E-state index contributed by atoms with van der Waals surface area (Å²) in [5.41, 5.74) is 3.62. The summed E-state index contributed by atoms with van der Waals surface area (Å²) in [6.07, 6.45) is 4.24. The van der Waals surface area contributed by atoms with Gasteiger partial charge in [0.15, 0.2) is 0 Å². The number of nitrogens with zero attached hydrogens (tertiary/aromatic N) is 2. The van der Waals surface area contributed by atoms with Gasteiger partial charge in [-0.2, -0.15) is 0 Å². The number of pyridine rings is 1. The van der Waals surface area contributed by atoms with Crippen LogP contribution in [-0.4, -0.2) is 24.0 Å². The van der Waals surface area contributed by atoms with E-state index in [2.05, 4.69) is 44.8 Å². The summed E-state index contributed by atoms with van der Waals surface area (Å²) >= 11 is 5.93. The van der Waals surface area contributed by atoms with E-state index in [1.807, 2.05) is 6.07 Å². The molecule has 0 saturated carbocycles. The number of nitrogens with one attached hydrogen (secondary N) is 2. The molecule has 0 spiro atoms. The topological polar surface area (TPSA) is 57.3 Å². The minimum absolute atomic E-state index is 0.242. The van der Waals surface area contributed by atoms with E-state index in [0.29, 0.717) is 16.4 Å². The second-order valence-electron chi connectivity index (χ2n) is 6.76. The van der Waals surface area contributed by atoms with Gasteiger partial charge in [-0.25, -0.2) is 4.98 Å². The number of benzene rings is 2. The Morgan fingerprint density at radius 2 is 1.71 bits per heavy atom. The van der Waals surface area contributed by atoms with E-state index in [0.717, 1.165) is 24.5 Å². The van der Waals surface area contributed by atoms with Crippen molar-refractivity contribution < 1.29 is 4.79 Å². The highest BCUT2D eigenvalue weighted by Gasteiger charge is 2.12. The number of carbonyl (C=O) groups is 1. The zero-order valence-electron chi connectivity index (χ0n) is 15.4. The Bertz CT molecular complexity index is 951. The summed E-state index contributed by atoms with van der Waals surface area (Å²) in [6.45, 7) is 2.28. The van der Waals surface area contributed by atoms with Crippen molar-refractivity contribution in [1.82, 2.24) is 4.98 Å². The molecule has 142 valence electrons. The third kappa shape index (κ3) is 4.43. The van der Waals surface area contributed by atoms with Crippen molar-refractivity contribution in [3.63, 3.8) is 0 Å². The monoisotopic (exact) mass is 392 g/mol. The van der Waals surface area contributed by atoms with Gasteiger partial charge in [-0.3, -0.25) is 4.79 Å². The van der Waals surface area contributed by atoms with Gasteiger partial charge in [-0.05, 0) is 67.4 Å². The number of hydrogen-bond donors (Lipinski definition) is 2. The van der Waals surface area contributed by atoms with Crippen molar-refractivity contribution >= 4 is 40.4 Å². The molecule has 4 rings (SSSR count). The van der Waals surface area contributed by atoms with Gasteiger partial charge in [0.2, 0.25) is 0 Å². The molecule has 1 amide bonds. The average Bonchev–Trinajstić information content (AvgIpc) is 3.25. The lowest BCUT2D eigenvalue weighted by Crippen LogP contribution is -2.17. The molecule has 1 saturated heterocycles. The first-order chi connectivity index (χ1) is 13.7. The summed E-state index contributed by atoms with van der Waals surface area (Å²) in [4.78, 5) is 19.0. The lowest BCUT2D eigenvalue weighted by Gasteiger charge is -2.18. The molecule has 1 fully saturated rings. The van der Waals surface area contributed by atoms with Gasteiger partial charge in [-0.1, -0.05) is 17.7 Å². The highest BCUT2D eigenvalue weighted by atomic mass is 35.5. The van der Waals surface area contributed by atoms with E-state index in [1.165, 1.54) is 18.5 Å². The van der Waals surface area contributed by atoms with Crippen LogP contribution in [0.3, 0.4) is 0 Å². The van der Waals surface area contributed by atoms with Crippen LogP contribution < -0.4 is 15.5 Å². The van der Waals surface area contributed by atoms with E-state index < -0.39 is 0 Å². The number of halogens is 1. The predicted molar refractivity (Wildman–Crippen MR) is 115 cm³/mol. The van der Waals surface area contributed by atoms with Gasteiger partial charge >= 0.3 is 0 Å². The molecule has 0 unspecified atom stereocenters. The standard InChI is InChI=1S/C22H21ClN4O/c23-17-5-3-4-16(14-17)22(28)26-21-11-8-19(15-24-21)25-18-6-9-20(10-7-18)27-12-1-2-13-27/h3-11,14-15,25H,1-2,12-13H2,(H,24,26,28). The van der Waals surface area contributed by atoms with E-state index in [9.17, 15) is 4.79 Å². The zero-order chi connectivity index (χ0) is 19.3. The number of carbonyl (C=O) groups excluding carboxylic acids is 1. The molecule has 0 bridgehead atoms. The minimum Gasteiger partial charge on any atom is -0.372 e. The molecule has 0 radical (unpaired) electrons. The molecular formula is C22H21ClN4O. The maximum Gasteiger partial charge on any atom is 0.256 e. The molecule has 0 aliphatic carbocycles. The summed E-state index contributed by atoms with van der Waals surface area (Å²) in [5.74, 6) is 0.244. The number of hydrogen-bond acceptors (Lipinski definition) is 4. The Balaban J connectivity index is 1.37. The van der Waals surface area contributed by atoms with Crippen molar-refractivity contribution in [2.45, 2.75) is 12.8 Å². The normalized spacial score (nSPS) is 13.4. The van der Waals surface area contributed by atoms with Crippen LogP contribution in [0.25, 0.3) is 0 Å². The van der Waals surface area contributed by atoms with Gasteiger partial charge in [0.05, 0.1) is 11.9 Å². The Labute approximate surface area is 169 Å². The van der Waals surface area contributed by atoms with Crippen LogP contribution in [0.1, 0.15) is 23.2 Å². The first-order valence-electron chi connectivity index (χ1n) is 9.32. The minimum atomic E-state index is -0.242. The Kier molecular flexibility index (Phi) is 5.44. The Hall–Kier alpha value is -3.05. The average molecular weight is 393 g/mol. The van der Waals surface area contributed by atoms with E-state index in [-0.39, 0.29) is 5.91 Å². The summed E-state index contributed by atoms with van der Waals surface area (Å²) in [6, 6.07) is 18.9. The quantitative estimate of drug-likeness (QED) is 0.616. The first-order valence-corrected chi connectivity index (χ1v) is 9.70. The summed E-state index contributed by atoms with van der Waals surface area (Å²) in [5, 5.41) is 6.63. The summed E-state index contributed by atoms with van der Waals surface area (Å²) < 4.78 is 0. The van der Waals surface area contributed by atoms with Crippen molar-refractivity contribution in [3.8, 4) is 0 Å². The lowest BCUT2D eigenvalue weighted by atomic mass is 10.2. The number of rotatable bonds is 5. The van der Waals surface area contributed by atoms with Crippen molar-refractivity contribution in [2.24, 2.45) is 0 Å². The van der Waals surface area contributed by atoms with Gasteiger partial charge in [0.25, 0.3) is 5.91 Å². The molecule has 1 aliphatic heterocycles. The maximum absolute atomic E-state index is 12.3. The largest absolute Gasteiger partial charge is 0.372 e. The molecule has 2 heterocycles. The smallest absolute Gasteiger partial charge is 0.256 e. The van der Waals surface area contributed by atoms with Crippen LogP contribution in [0.4, 0.5) is 22.9 Å². The molecular weight excluding hydrogens is 372 g/mol. The maximum atomic E-state index is 12.3. The molecule has 3 aromatic rings. The van der Waals surface area contributed by atoms with Gasteiger partial charge in [-0.15, -0.1) is 0 Å². The molecule has 2 aromatic carbocycles. The number of amides is 1. The highest BCUT2D eigenvalue weighted by Crippen LogP contribution is 2.24. The molecule has 0 atom stereocenters. The highest BCUT2D eigenvalue weighted by molar-refractivity contribution is 6.31. The molecule has 1 aliphatic rings. The third-order valence-electron chi connectivity index (χ3n) is 4.72. The van der Waals surface area contributed by atoms with Crippen LogP contribution in [0, 0.1) is 0 Å². The van der Waals surface area contributed by atoms with Crippen LogP contribution in [0.2, 0.25) is 5.02 Å². The van der Waals surface area contributed by atoms with Crippen LogP contribution in [-0.2, 0) is 0 Å². The van der Waals surface area contributed by atoms with E-state index >= 15 is 0 Å². The molecule has 2 N–H and O–H groups in total. The Morgan fingerprint density at radius 1 is 0.964 bits per heavy atom. The number of anilines is 4. The molecule has 28 heavy (non-hydrogen) atoms. The fourth-order valence-corrected chi connectivity index (χ4v) is 3.45. The first kappa shape index (κ1) is 18.3. The molecule has 6 heteroatoms. The molecule has 1 aromatic heterocycles. The van der Waals surface area contributed by atoms with E-state index in [4.69, 9.17) is 11.6 Å². The third-order valence-corrected chi connectivity index (χ3v) is 4.95. The van der Waals surface area contributed by atoms with Crippen LogP contribution in [0.5, 0.6) is 0 Å². The second kappa shape index (κ2) is 8.31. The zero-order valence-corrected chi connectivity index (χ0v) is 16.1. The lowest BCUT2D eigenvalue weighted by molar-refractivity contribution is 0.102. The SMILES string of the molecule is O=C(Nc1ccc(Nc2ccc(N3CCCC3)cc2)cn1)c1cccc(Cl)c1.